The number of hydrogen-bond donors (Lipinski definition) is 1. The van der Waals surface area contributed by atoms with E-state index in [1.54, 1.807) is 12.1 Å². The molecule has 1 unspecified atom stereocenters. The van der Waals surface area contributed by atoms with E-state index in [1.807, 2.05) is 30.3 Å². The first-order valence-electron chi connectivity index (χ1n) is 7.67. The zero-order valence-electron chi connectivity index (χ0n) is 12.7. The second-order valence-corrected chi connectivity index (χ2v) is 6.14. The Morgan fingerprint density at radius 3 is 2.23 bits per heavy atom. The minimum Gasteiger partial charge on any atom is -0.508 e. The molecule has 0 spiro atoms. The van der Waals surface area contributed by atoms with E-state index < -0.39 is 0 Å². The number of phenolic OH excluding ortho intramolecular Hbond substituents is 1. The van der Waals surface area contributed by atoms with Gasteiger partial charge in [0, 0.05) is 42.9 Å². The van der Waals surface area contributed by atoms with Crippen LogP contribution in [0.5, 0.6) is 5.75 Å². The Labute approximate surface area is 136 Å². The third kappa shape index (κ3) is 3.21. The topological polar surface area (TPSA) is 26.7 Å². The molecule has 2 aromatic rings. The van der Waals surface area contributed by atoms with Crippen molar-refractivity contribution < 1.29 is 5.11 Å². The normalized spacial score (nSPS) is 17.5. The smallest absolute Gasteiger partial charge is 0.115 e. The molecule has 2 aromatic carbocycles. The largest absolute Gasteiger partial charge is 0.508 e. The molecule has 1 atom stereocenters. The van der Waals surface area contributed by atoms with Gasteiger partial charge in [-0.05, 0) is 42.8 Å². The van der Waals surface area contributed by atoms with Crippen LogP contribution in [-0.4, -0.2) is 36.2 Å². The number of nitrogens with zero attached hydrogens (tertiary/aromatic N) is 2. The van der Waals surface area contributed by atoms with Gasteiger partial charge in [-0.2, -0.15) is 0 Å². The van der Waals surface area contributed by atoms with Crippen LogP contribution in [0, 0.1) is 0 Å². The number of benzene rings is 2. The van der Waals surface area contributed by atoms with Crippen LogP contribution in [0.4, 0.5) is 5.69 Å². The average molecular weight is 317 g/mol. The van der Waals surface area contributed by atoms with Crippen molar-refractivity contribution in [3.05, 3.63) is 59.1 Å². The summed E-state index contributed by atoms with van der Waals surface area (Å²) in [7, 11) is 0. The van der Waals surface area contributed by atoms with Crippen LogP contribution in [0.15, 0.2) is 48.5 Å². The standard InChI is InChI=1S/C18H21ClN2O/c1-14(17-4-2-3-5-18(17)19)20-10-12-21(13-11-20)15-6-8-16(22)9-7-15/h2-9,14,22H,10-13H2,1H3. The van der Waals surface area contributed by atoms with E-state index in [2.05, 4.69) is 22.8 Å². The van der Waals surface area contributed by atoms with Crippen LogP contribution in [-0.2, 0) is 0 Å². The molecule has 0 saturated carbocycles. The Kier molecular flexibility index (Phi) is 4.55. The number of piperazine rings is 1. The summed E-state index contributed by atoms with van der Waals surface area (Å²) < 4.78 is 0. The Hall–Kier alpha value is -1.71. The van der Waals surface area contributed by atoms with Crippen molar-refractivity contribution in [2.45, 2.75) is 13.0 Å². The van der Waals surface area contributed by atoms with Gasteiger partial charge in [-0.3, -0.25) is 4.90 Å². The molecule has 1 heterocycles. The first-order chi connectivity index (χ1) is 10.6. The molecular formula is C18H21ClN2O. The molecule has 116 valence electrons. The van der Waals surface area contributed by atoms with Gasteiger partial charge in [-0.1, -0.05) is 29.8 Å². The van der Waals surface area contributed by atoms with Gasteiger partial charge in [0.25, 0.3) is 0 Å². The maximum absolute atomic E-state index is 9.38. The number of aromatic hydroxyl groups is 1. The predicted octanol–water partition coefficient (Wildman–Crippen LogP) is 3.93. The summed E-state index contributed by atoms with van der Waals surface area (Å²) in [6.45, 7) is 6.21. The molecule has 0 aromatic heterocycles. The van der Waals surface area contributed by atoms with Gasteiger partial charge >= 0.3 is 0 Å². The minimum absolute atomic E-state index is 0.315. The summed E-state index contributed by atoms with van der Waals surface area (Å²) >= 11 is 6.32. The van der Waals surface area contributed by atoms with E-state index in [9.17, 15) is 5.11 Å². The molecule has 1 fully saturated rings. The maximum Gasteiger partial charge on any atom is 0.115 e. The summed E-state index contributed by atoms with van der Waals surface area (Å²) in [4.78, 5) is 4.83. The second kappa shape index (κ2) is 6.59. The van der Waals surface area contributed by atoms with E-state index in [4.69, 9.17) is 11.6 Å². The number of anilines is 1. The number of rotatable bonds is 3. The van der Waals surface area contributed by atoms with Crippen molar-refractivity contribution in [2.75, 3.05) is 31.1 Å². The molecule has 1 N–H and O–H groups in total. The van der Waals surface area contributed by atoms with Crippen molar-refractivity contribution in [3.8, 4) is 5.75 Å². The predicted molar refractivity (Wildman–Crippen MR) is 91.8 cm³/mol. The van der Waals surface area contributed by atoms with E-state index >= 15 is 0 Å². The highest BCUT2D eigenvalue weighted by Crippen LogP contribution is 2.28. The summed E-state index contributed by atoms with van der Waals surface area (Å²) in [5.41, 5.74) is 2.37. The molecule has 3 nitrogen and oxygen atoms in total. The van der Waals surface area contributed by atoms with Gasteiger partial charge in [0.15, 0.2) is 0 Å². The van der Waals surface area contributed by atoms with Crippen LogP contribution in [0.1, 0.15) is 18.5 Å². The molecule has 1 saturated heterocycles. The maximum atomic E-state index is 9.38. The Bertz CT molecular complexity index is 621. The van der Waals surface area contributed by atoms with Gasteiger partial charge in [0.1, 0.15) is 5.75 Å². The lowest BCUT2D eigenvalue weighted by molar-refractivity contribution is 0.198. The first kappa shape index (κ1) is 15.2. The lowest BCUT2D eigenvalue weighted by Gasteiger charge is -2.39. The van der Waals surface area contributed by atoms with Gasteiger partial charge in [-0.25, -0.2) is 0 Å². The van der Waals surface area contributed by atoms with E-state index in [0.717, 1.165) is 31.2 Å². The van der Waals surface area contributed by atoms with Crippen molar-refractivity contribution in [1.29, 1.82) is 0 Å². The molecular weight excluding hydrogens is 296 g/mol. The third-order valence-electron chi connectivity index (χ3n) is 4.43. The van der Waals surface area contributed by atoms with E-state index in [-0.39, 0.29) is 0 Å². The van der Waals surface area contributed by atoms with Crippen LogP contribution in [0.2, 0.25) is 5.02 Å². The Morgan fingerprint density at radius 2 is 1.59 bits per heavy atom. The van der Waals surface area contributed by atoms with Gasteiger partial charge < -0.3 is 10.0 Å². The summed E-state index contributed by atoms with van der Waals surface area (Å²) in [5.74, 6) is 0.315. The lowest BCUT2D eigenvalue weighted by atomic mass is 10.1. The van der Waals surface area contributed by atoms with Crippen molar-refractivity contribution in [3.63, 3.8) is 0 Å². The summed E-state index contributed by atoms with van der Waals surface area (Å²) in [5, 5.41) is 10.2. The van der Waals surface area contributed by atoms with Gasteiger partial charge in [-0.15, -0.1) is 0 Å². The highest BCUT2D eigenvalue weighted by atomic mass is 35.5. The molecule has 3 rings (SSSR count). The molecule has 1 aliphatic rings. The van der Waals surface area contributed by atoms with Crippen molar-refractivity contribution in [1.82, 2.24) is 4.90 Å². The molecule has 0 bridgehead atoms. The highest BCUT2D eigenvalue weighted by molar-refractivity contribution is 6.31. The van der Waals surface area contributed by atoms with E-state index in [1.165, 1.54) is 11.3 Å². The molecule has 4 heteroatoms. The van der Waals surface area contributed by atoms with Crippen LogP contribution < -0.4 is 4.90 Å². The molecule has 0 amide bonds. The lowest BCUT2D eigenvalue weighted by Crippen LogP contribution is -2.47. The number of hydrogen-bond acceptors (Lipinski definition) is 3. The van der Waals surface area contributed by atoms with E-state index in [0.29, 0.717) is 11.8 Å². The molecule has 22 heavy (non-hydrogen) atoms. The fourth-order valence-corrected chi connectivity index (χ4v) is 3.34. The van der Waals surface area contributed by atoms with Gasteiger partial charge in [0.05, 0.1) is 0 Å². The summed E-state index contributed by atoms with van der Waals surface area (Å²) in [6, 6.07) is 15.9. The van der Waals surface area contributed by atoms with Crippen LogP contribution >= 0.6 is 11.6 Å². The number of phenols is 1. The first-order valence-corrected chi connectivity index (χ1v) is 8.05. The summed E-state index contributed by atoms with van der Waals surface area (Å²) in [6.07, 6.45) is 0. The highest BCUT2D eigenvalue weighted by Gasteiger charge is 2.23. The second-order valence-electron chi connectivity index (χ2n) is 5.74. The fraction of sp³-hybridized carbons (Fsp3) is 0.333. The molecule has 1 aliphatic heterocycles. The quantitative estimate of drug-likeness (QED) is 0.929. The zero-order chi connectivity index (χ0) is 15.5. The van der Waals surface area contributed by atoms with Gasteiger partial charge in [0.2, 0.25) is 0 Å². The van der Waals surface area contributed by atoms with Crippen LogP contribution in [0.3, 0.4) is 0 Å². The third-order valence-corrected chi connectivity index (χ3v) is 4.78. The number of halogens is 1. The fourth-order valence-electron chi connectivity index (χ4n) is 3.04. The van der Waals surface area contributed by atoms with Crippen molar-refractivity contribution in [2.24, 2.45) is 0 Å². The van der Waals surface area contributed by atoms with Crippen molar-refractivity contribution >= 4 is 17.3 Å². The Morgan fingerprint density at radius 1 is 0.955 bits per heavy atom. The Balaban J connectivity index is 1.64. The molecule has 0 aliphatic carbocycles. The minimum atomic E-state index is 0.315. The monoisotopic (exact) mass is 316 g/mol. The zero-order valence-corrected chi connectivity index (χ0v) is 13.5. The average Bonchev–Trinajstić information content (AvgIpc) is 2.56. The molecule has 0 radical (unpaired) electrons. The SMILES string of the molecule is CC(c1ccccc1Cl)N1CCN(c2ccc(O)cc2)CC1. The van der Waals surface area contributed by atoms with Crippen LogP contribution in [0.25, 0.3) is 0 Å².